The van der Waals surface area contributed by atoms with E-state index in [1.165, 1.54) is 0 Å². The quantitative estimate of drug-likeness (QED) is 0.816. The molecule has 0 unspecified atom stereocenters. The molecule has 27 heavy (non-hydrogen) atoms. The van der Waals surface area contributed by atoms with Gasteiger partial charge in [-0.3, -0.25) is 4.79 Å². The highest BCUT2D eigenvalue weighted by molar-refractivity contribution is 5.89. The van der Waals surface area contributed by atoms with Crippen molar-refractivity contribution >= 4 is 11.9 Å². The van der Waals surface area contributed by atoms with Crippen molar-refractivity contribution in [1.82, 2.24) is 9.96 Å². The lowest BCUT2D eigenvalue weighted by atomic mass is 9.78. The zero-order chi connectivity index (χ0) is 19.7. The molecule has 1 fully saturated rings. The highest BCUT2D eigenvalue weighted by Crippen LogP contribution is 2.41. The third-order valence-electron chi connectivity index (χ3n) is 5.27. The number of benzene rings is 1. The van der Waals surface area contributed by atoms with Gasteiger partial charge in [-0.1, -0.05) is 36.4 Å². The molecule has 5 nitrogen and oxygen atoms in total. The van der Waals surface area contributed by atoms with Crippen molar-refractivity contribution < 1.29 is 14.4 Å². The van der Waals surface area contributed by atoms with Crippen LogP contribution in [0.4, 0.5) is 0 Å². The molecular weight excluding hydrogens is 340 g/mol. The molecular formula is C22H28N2O3. The molecule has 3 rings (SSSR count). The Morgan fingerprint density at radius 3 is 2.30 bits per heavy atom. The van der Waals surface area contributed by atoms with E-state index in [1.807, 2.05) is 40.3 Å². The fraction of sp³-hybridized carbons (Fsp3) is 0.455. The molecule has 2 aliphatic heterocycles. The Kier molecular flexibility index (Phi) is 5.24. The van der Waals surface area contributed by atoms with Crippen molar-refractivity contribution in [1.29, 1.82) is 0 Å². The summed E-state index contributed by atoms with van der Waals surface area (Å²) in [6.07, 6.45) is 8.77. The second kappa shape index (κ2) is 7.31. The fourth-order valence-electron chi connectivity index (χ4n) is 4.29. The molecule has 1 saturated heterocycles. The maximum atomic E-state index is 12.6. The summed E-state index contributed by atoms with van der Waals surface area (Å²) >= 11 is 0. The van der Waals surface area contributed by atoms with Gasteiger partial charge in [-0.25, -0.2) is 4.79 Å². The third kappa shape index (κ3) is 4.14. The van der Waals surface area contributed by atoms with Gasteiger partial charge in [0, 0.05) is 18.7 Å². The number of hydrogen-bond donors (Lipinski definition) is 0. The molecule has 0 spiro atoms. The predicted octanol–water partition coefficient (Wildman–Crippen LogP) is 3.73. The van der Waals surface area contributed by atoms with Crippen LogP contribution in [-0.4, -0.2) is 45.5 Å². The van der Waals surface area contributed by atoms with Crippen LogP contribution in [0.3, 0.4) is 0 Å². The number of carbonyl (C=O) groups is 2. The highest BCUT2D eigenvalue weighted by Gasteiger charge is 2.50. The Hall–Kier alpha value is -2.40. The Balaban J connectivity index is 1.80. The Morgan fingerprint density at radius 1 is 1.04 bits per heavy atom. The lowest BCUT2D eigenvalue weighted by Crippen LogP contribution is -2.64. The molecule has 0 saturated carbocycles. The van der Waals surface area contributed by atoms with Crippen LogP contribution < -0.4 is 0 Å². The van der Waals surface area contributed by atoms with Gasteiger partial charge in [0.25, 0.3) is 0 Å². The lowest BCUT2D eigenvalue weighted by molar-refractivity contribution is -0.249. The first-order valence-electron chi connectivity index (χ1n) is 9.42. The largest absolute Gasteiger partial charge is 0.363 e. The standard InChI is InChI=1S/C22H28N2O3/c1-21(2)15-18(23-14-10-6-9-13-19(23)25)16-22(3,4)24(21)27-20(26)17-11-7-5-8-12-17/h5-13,18H,14-16H2,1-4H3. The fourth-order valence-corrected chi connectivity index (χ4v) is 4.29. The number of allylic oxidation sites excluding steroid dienone is 2. The van der Waals surface area contributed by atoms with E-state index < -0.39 is 11.1 Å². The average Bonchev–Trinajstić information content (AvgIpc) is 2.82. The molecule has 0 N–H and O–H groups in total. The van der Waals surface area contributed by atoms with Crippen molar-refractivity contribution in [3.05, 3.63) is 60.2 Å². The van der Waals surface area contributed by atoms with E-state index in [1.54, 1.807) is 24.3 Å². The first kappa shape index (κ1) is 19.4. The van der Waals surface area contributed by atoms with Crippen molar-refractivity contribution in [2.24, 2.45) is 0 Å². The van der Waals surface area contributed by atoms with E-state index in [4.69, 9.17) is 4.84 Å². The van der Waals surface area contributed by atoms with E-state index in [9.17, 15) is 9.59 Å². The van der Waals surface area contributed by atoms with Gasteiger partial charge in [0.2, 0.25) is 5.91 Å². The maximum Gasteiger partial charge on any atom is 0.357 e. The Bertz CT molecular complexity index is 747. The highest BCUT2D eigenvalue weighted by atomic mass is 16.7. The van der Waals surface area contributed by atoms with E-state index >= 15 is 0 Å². The predicted molar refractivity (Wildman–Crippen MR) is 105 cm³/mol. The second-order valence-electron chi connectivity index (χ2n) is 8.50. The summed E-state index contributed by atoms with van der Waals surface area (Å²) in [4.78, 5) is 32.9. The average molecular weight is 368 g/mol. The number of hydroxylamine groups is 2. The Morgan fingerprint density at radius 2 is 1.67 bits per heavy atom. The summed E-state index contributed by atoms with van der Waals surface area (Å²) in [6.45, 7) is 8.85. The van der Waals surface area contributed by atoms with Crippen LogP contribution in [-0.2, 0) is 9.63 Å². The second-order valence-corrected chi connectivity index (χ2v) is 8.50. The monoisotopic (exact) mass is 368 g/mol. The minimum Gasteiger partial charge on any atom is -0.363 e. The SMILES string of the molecule is CC1(C)CC(N2CC=CC=CC2=O)CC(C)(C)N1OC(=O)c1ccccc1. The lowest BCUT2D eigenvalue weighted by Gasteiger charge is -2.54. The van der Waals surface area contributed by atoms with Crippen molar-refractivity contribution in [2.75, 3.05) is 6.54 Å². The molecule has 0 atom stereocenters. The van der Waals surface area contributed by atoms with Gasteiger partial charge >= 0.3 is 5.97 Å². The number of nitrogens with zero attached hydrogens (tertiary/aromatic N) is 2. The summed E-state index contributed by atoms with van der Waals surface area (Å²) in [6, 6.07) is 9.11. The number of hydrogen-bond acceptors (Lipinski definition) is 4. The molecule has 0 bridgehead atoms. The summed E-state index contributed by atoms with van der Waals surface area (Å²) < 4.78 is 0. The first-order chi connectivity index (χ1) is 12.7. The van der Waals surface area contributed by atoms with Gasteiger partial charge in [-0.05, 0) is 52.7 Å². The minimum atomic E-state index is -0.406. The van der Waals surface area contributed by atoms with Crippen LogP contribution in [0.2, 0.25) is 0 Å². The van der Waals surface area contributed by atoms with Gasteiger partial charge in [0.1, 0.15) is 0 Å². The molecule has 2 heterocycles. The maximum absolute atomic E-state index is 12.6. The normalized spacial score (nSPS) is 22.5. The topological polar surface area (TPSA) is 49.9 Å². The van der Waals surface area contributed by atoms with Crippen molar-refractivity contribution in [3.63, 3.8) is 0 Å². The van der Waals surface area contributed by atoms with E-state index in [0.29, 0.717) is 12.1 Å². The molecule has 1 amide bonds. The smallest absolute Gasteiger partial charge is 0.357 e. The van der Waals surface area contributed by atoms with Crippen LogP contribution in [0.25, 0.3) is 0 Å². The van der Waals surface area contributed by atoms with Gasteiger partial charge in [0.05, 0.1) is 16.6 Å². The van der Waals surface area contributed by atoms with Gasteiger partial charge in [-0.15, -0.1) is 5.06 Å². The molecule has 1 aromatic rings. The molecule has 1 aromatic carbocycles. The van der Waals surface area contributed by atoms with Crippen LogP contribution >= 0.6 is 0 Å². The van der Waals surface area contributed by atoms with Crippen molar-refractivity contribution in [3.8, 4) is 0 Å². The molecule has 144 valence electrons. The summed E-state index contributed by atoms with van der Waals surface area (Å²) in [5.74, 6) is -0.321. The molecule has 0 aromatic heterocycles. The number of rotatable bonds is 3. The van der Waals surface area contributed by atoms with Crippen LogP contribution in [0.5, 0.6) is 0 Å². The van der Waals surface area contributed by atoms with Crippen LogP contribution in [0, 0.1) is 0 Å². The van der Waals surface area contributed by atoms with Crippen LogP contribution in [0.1, 0.15) is 50.9 Å². The van der Waals surface area contributed by atoms with Gasteiger partial charge in [0.15, 0.2) is 0 Å². The van der Waals surface area contributed by atoms with E-state index in [-0.39, 0.29) is 17.9 Å². The van der Waals surface area contributed by atoms with Gasteiger partial charge in [-0.2, -0.15) is 0 Å². The minimum absolute atomic E-state index is 0.0336. The summed E-state index contributed by atoms with van der Waals surface area (Å²) in [7, 11) is 0. The zero-order valence-corrected chi connectivity index (χ0v) is 16.5. The van der Waals surface area contributed by atoms with E-state index in [2.05, 4.69) is 27.7 Å². The van der Waals surface area contributed by atoms with E-state index in [0.717, 1.165) is 12.8 Å². The third-order valence-corrected chi connectivity index (χ3v) is 5.27. The van der Waals surface area contributed by atoms with Crippen molar-refractivity contribution in [2.45, 2.75) is 57.7 Å². The number of carbonyl (C=O) groups excluding carboxylic acids is 2. The molecule has 5 heteroatoms. The summed E-state index contributed by atoms with van der Waals surface area (Å²) in [5, 5.41) is 1.82. The zero-order valence-electron chi connectivity index (χ0n) is 16.5. The van der Waals surface area contributed by atoms with Gasteiger partial charge < -0.3 is 9.74 Å². The number of piperidine rings is 1. The summed E-state index contributed by atoms with van der Waals surface area (Å²) in [5.41, 5.74) is -0.280. The van der Waals surface area contributed by atoms with Crippen LogP contribution in [0.15, 0.2) is 54.6 Å². The first-order valence-corrected chi connectivity index (χ1v) is 9.42. The molecule has 0 radical (unpaired) electrons. The molecule has 0 aliphatic carbocycles. The number of amides is 1. The molecule has 2 aliphatic rings. The Labute approximate surface area is 161 Å².